The number of carbonyl (C=O) groups is 1. The predicted molar refractivity (Wildman–Crippen MR) is 47.8 cm³/mol. The first kappa shape index (κ1) is 21.3. The van der Waals surface area contributed by atoms with E-state index in [1.807, 2.05) is 0 Å². The zero-order valence-corrected chi connectivity index (χ0v) is 6.70. The average molecular weight is 401 g/mol. The van der Waals surface area contributed by atoms with Gasteiger partial charge in [0, 0.05) is 0 Å². The molecule has 0 aromatic rings. The van der Waals surface area contributed by atoms with Gasteiger partial charge in [-0.3, -0.25) is 17.5 Å². The van der Waals surface area contributed by atoms with Crippen LogP contribution in [0.5, 0.6) is 0 Å². The normalized spacial score (nSPS) is 10.4. The molecule has 0 bridgehead atoms. The van der Waals surface area contributed by atoms with Gasteiger partial charge in [-0.1, -0.05) is 0 Å². The van der Waals surface area contributed by atoms with Gasteiger partial charge >= 0.3 is 118 Å². The first-order valence-electron chi connectivity index (χ1n) is 1.98. The van der Waals surface area contributed by atoms with Gasteiger partial charge in [0.05, 0.1) is 0 Å². The Morgan fingerprint density at radius 3 is 1.21 bits per heavy atom. The molecule has 0 heterocycles. The summed E-state index contributed by atoms with van der Waals surface area (Å²) in [4.78, 5) is 9.95. The van der Waals surface area contributed by atoms with Gasteiger partial charge in [0.2, 0.25) is 0 Å². The fourth-order valence-electron chi connectivity index (χ4n) is 0.186. The number of rotatable bonds is 2. The maximum absolute atomic E-state index is 9.95. The van der Waals surface area contributed by atoms with E-state index in [1.165, 1.54) is 0 Å². The van der Waals surface area contributed by atoms with Gasteiger partial charge in [-0.25, -0.2) is 4.79 Å². The molecule has 0 aliphatic carbocycles. The molecule has 0 atom stereocenters. The predicted octanol–water partition coefficient (Wildman–Crippen LogP) is -3.09. The van der Waals surface area contributed by atoms with Gasteiger partial charge in [0.25, 0.3) is 0 Å². The zero-order valence-electron chi connectivity index (χ0n) is 5.07. The van der Waals surface area contributed by atoms with Crippen LogP contribution in [0.25, 0.3) is 0 Å². The number of hydrogen-bond donors (Lipinski definition) is 2. The Morgan fingerprint density at radius 2 is 1.07 bits per heavy atom. The molecule has 0 amide bonds. The molecule has 0 fully saturated rings. The molecule has 0 aliphatic rings. The minimum absolute atomic E-state index is 0. The minimum atomic E-state index is -5.15. The molecule has 0 aromatic carbocycles. The van der Waals surface area contributed by atoms with Crippen LogP contribution < -0.4 is 0 Å². The van der Waals surface area contributed by atoms with E-state index in [0.29, 0.717) is 0 Å². The van der Waals surface area contributed by atoms with E-state index in [9.17, 15) is 21.6 Å². The molecule has 2 N–H and O–H groups in total. The third-order valence-corrected chi connectivity index (χ3v) is 1.04. The van der Waals surface area contributed by atoms with Crippen LogP contribution in [0.1, 0.15) is 0 Å². The summed E-state index contributed by atoms with van der Waals surface area (Å²) in [5.74, 6) is 0. The van der Waals surface area contributed by atoms with Crippen molar-refractivity contribution in [1.29, 1.82) is 0 Å². The molecule has 0 aromatic heterocycles. The van der Waals surface area contributed by atoms with Gasteiger partial charge in [-0.2, -0.15) is 16.8 Å². The molecule has 0 saturated heterocycles. The van der Waals surface area contributed by atoms with Crippen LogP contribution in [-0.2, 0) is 29.2 Å². The second kappa shape index (κ2) is 8.19. The summed E-state index contributed by atoms with van der Waals surface area (Å²) in [6.45, 7) is 0. The van der Waals surface area contributed by atoms with E-state index < -0.39 is 27.0 Å². The van der Waals surface area contributed by atoms with Gasteiger partial charge in [0.1, 0.15) is 0 Å². The van der Waals surface area contributed by atoms with Crippen LogP contribution in [0.2, 0.25) is 0 Å². The zero-order chi connectivity index (χ0) is 9.99. The van der Waals surface area contributed by atoms with Gasteiger partial charge in [-0.05, 0) is 0 Å². The monoisotopic (exact) mass is 402 g/mol. The second-order valence-corrected chi connectivity index (χ2v) is 3.32. The van der Waals surface area contributed by atoms with Crippen molar-refractivity contribution in [2.45, 2.75) is 0 Å². The van der Waals surface area contributed by atoms with Crippen LogP contribution in [-0.4, -0.2) is 123 Å². The Kier molecular flexibility index (Phi) is 12.5. The average Bonchev–Trinajstić information content (AvgIpc) is 1.49. The van der Waals surface area contributed by atoms with E-state index in [2.05, 4.69) is 8.37 Å². The van der Waals surface area contributed by atoms with E-state index in [-0.39, 0.29) is 91.0 Å². The molecule has 0 rings (SSSR count). The summed E-state index contributed by atoms with van der Waals surface area (Å²) < 4.78 is 60.1. The molecule has 0 unspecified atom stereocenters. The van der Waals surface area contributed by atoms with Crippen molar-refractivity contribution in [1.82, 2.24) is 0 Å². The van der Waals surface area contributed by atoms with E-state index >= 15 is 0 Å². The van der Waals surface area contributed by atoms with Crippen molar-refractivity contribution in [2.75, 3.05) is 0 Å². The van der Waals surface area contributed by atoms with Crippen LogP contribution in [0.4, 0.5) is 4.79 Å². The van der Waals surface area contributed by atoms with Crippen molar-refractivity contribution in [3.8, 4) is 0 Å². The summed E-state index contributed by atoms with van der Waals surface area (Å²) in [6.07, 6.45) is -2.29. The van der Waals surface area contributed by atoms with Crippen LogP contribution in [0, 0.1) is 0 Å². The summed E-state index contributed by atoms with van der Waals surface area (Å²) in [5, 5.41) is 0. The Morgan fingerprint density at radius 1 is 0.857 bits per heavy atom. The molecule has 0 spiro atoms. The first-order valence-corrected chi connectivity index (χ1v) is 4.71. The van der Waals surface area contributed by atoms with Gasteiger partial charge in [-0.15, -0.1) is 0 Å². The molecule has 14 heavy (non-hydrogen) atoms. The quantitative estimate of drug-likeness (QED) is 0.363. The SMILES string of the molecule is O=C(OS(=O)(=O)O)OS(=O)(=O)O.[SrH2].[SrH2]. The Hall–Kier alpha value is 2.05. The number of hydrogen-bond acceptors (Lipinski definition) is 7. The van der Waals surface area contributed by atoms with Crippen molar-refractivity contribution < 1.29 is 39.1 Å². The fraction of sp³-hybridized carbons (Fsp3) is 0. The van der Waals surface area contributed by atoms with Crippen molar-refractivity contribution in [2.24, 2.45) is 0 Å². The van der Waals surface area contributed by atoms with Crippen LogP contribution in [0.3, 0.4) is 0 Å². The van der Waals surface area contributed by atoms with Crippen LogP contribution in [0.15, 0.2) is 0 Å². The van der Waals surface area contributed by atoms with E-state index in [1.54, 1.807) is 0 Å². The standard InChI is InChI=1S/CH2O9S2.2Sr.4H/c2-1(9-11(3,4)5)10-12(6,7)8;;;;;;/h(H,3,4,5)(H,6,7,8);;;;;;. The van der Waals surface area contributed by atoms with Crippen molar-refractivity contribution >= 4 is 118 Å². The Bertz CT molecular complexity index is 328. The molecule has 0 saturated carbocycles. The Labute approximate surface area is 154 Å². The molecule has 80 valence electrons. The topological polar surface area (TPSA) is 144 Å². The number of carbonyl (C=O) groups excluding carboxylic acids is 1. The van der Waals surface area contributed by atoms with Gasteiger partial charge < -0.3 is 0 Å². The summed E-state index contributed by atoms with van der Waals surface area (Å²) in [7, 11) is -10.3. The third kappa shape index (κ3) is 16.5. The van der Waals surface area contributed by atoms with Crippen molar-refractivity contribution in [3.05, 3.63) is 0 Å². The maximum atomic E-state index is 9.95. The molecule has 9 nitrogen and oxygen atoms in total. The van der Waals surface area contributed by atoms with E-state index in [0.717, 1.165) is 0 Å². The molecular weight excluding hydrogens is 395 g/mol. The summed E-state index contributed by atoms with van der Waals surface area (Å²) >= 11 is 0. The second-order valence-electron chi connectivity index (χ2n) is 1.27. The molecule has 0 radical (unpaired) electrons. The fourth-order valence-corrected chi connectivity index (χ4v) is 0.641. The Balaban J connectivity index is -0.000000605. The van der Waals surface area contributed by atoms with Crippen molar-refractivity contribution in [3.63, 3.8) is 0 Å². The van der Waals surface area contributed by atoms with E-state index in [4.69, 9.17) is 9.11 Å². The van der Waals surface area contributed by atoms with Crippen LogP contribution >= 0.6 is 0 Å². The molecule has 13 heteroatoms. The summed E-state index contributed by atoms with van der Waals surface area (Å²) in [6, 6.07) is 0. The van der Waals surface area contributed by atoms with Gasteiger partial charge in [0.15, 0.2) is 0 Å². The summed E-state index contributed by atoms with van der Waals surface area (Å²) in [5.41, 5.74) is 0. The third-order valence-electron chi connectivity index (χ3n) is 0.347. The molecule has 0 aliphatic heterocycles. The first-order chi connectivity index (χ1) is 5.10. The molecular formula is CH6O9S2Sr2.